The predicted molar refractivity (Wildman–Crippen MR) is 68.9 cm³/mol. The minimum atomic E-state index is -3.46. The molecule has 0 amide bonds. The summed E-state index contributed by atoms with van der Waals surface area (Å²) in [7, 11) is -3.46. The molecule has 102 valence electrons. The van der Waals surface area contributed by atoms with Crippen LogP contribution >= 0.6 is 0 Å². The molecule has 0 aromatic carbocycles. The summed E-state index contributed by atoms with van der Waals surface area (Å²) in [5.74, 6) is -1.26. The van der Waals surface area contributed by atoms with Crippen LogP contribution in [-0.4, -0.2) is 30.5 Å². The first-order chi connectivity index (χ1) is 7.91. The third-order valence-electron chi connectivity index (χ3n) is 2.92. The van der Waals surface area contributed by atoms with Crippen molar-refractivity contribution in [3.8, 4) is 0 Å². The first-order valence-corrected chi connectivity index (χ1v) is 8.07. The molecule has 0 aliphatic carbocycles. The lowest BCUT2D eigenvalue weighted by atomic mass is 10.1. The quantitative estimate of drug-likeness (QED) is 0.616. The standard InChI is InChI=1S/C12H24O4S/c1-3-4-5-6-7-8-9-10-17(15,16)11(2)12(13)14/h11H,3-10H2,1-2H3,(H,13,14). The van der Waals surface area contributed by atoms with Gasteiger partial charge < -0.3 is 5.11 Å². The van der Waals surface area contributed by atoms with Crippen molar-refractivity contribution in [2.24, 2.45) is 0 Å². The first kappa shape index (κ1) is 16.4. The molecule has 4 nitrogen and oxygen atoms in total. The van der Waals surface area contributed by atoms with Crippen LogP contribution in [0.25, 0.3) is 0 Å². The number of carbonyl (C=O) groups is 1. The molecule has 17 heavy (non-hydrogen) atoms. The number of unbranched alkanes of at least 4 members (excludes halogenated alkanes) is 6. The smallest absolute Gasteiger partial charge is 0.321 e. The number of aliphatic carboxylic acids is 1. The van der Waals surface area contributed by atoms with Crippen molar-refractivity contribution in [1.29, 1.82) is 0 Å². The number of hydrogen-bond acceptors (Lipinski definition) is 3. The molecule has 0 heterocycles. The zero-order valence-electron chi connectivity index (χ0n) is 10.8. The highest BCUT2D eigenvalue weighted by atomic mass is 32.2. The molecule has 0 bridgehead atoms. The van der Waals surface area contributed by atoms with E-state index in [1.165, 1.54) is 26.2 Å². The Bertz CT molecular complexity index is 308. The van der Waals surface area contributed by atoms with Crippen LogP contribution in [0.4, 0.5) is 0 Å². The van der Waals surface area contributed by atoms with Gasteiger partial charge in [-0.3, -0.25) is 4.79 Å². The van der Waals surface area contributed by atoms with Crippen LogP contribution in [0.2, 0.25) is 0 Å². The molecule has 0 aromatic heterocycles. The summed E-state index contributed by atoms with van der Waals surface area (Å²) >= 11 is 0. The highest BCUT2D eigenvalue weighted by Crippen LogP contribution is 2.10. The van der Waals surface area contributed by atoms with Gasteiger partial charge in [-0.25, -0.2) is 8.42 Å². The van der Waals surface area contributed by atoms with Crippen LogP contribution in [-0.2, 0) is 14.6 Å². The summed E-state index contributed by atoms with van der Waals surface area (Å²) in [5, 5.41) is 7.36. The maximum atomic E-state index is 11.5. The van der Waals surface area contributed by atoms with Gasteiger partial charge in [-0.1, -0.05) is 45.4 Å². The number of sulfone groups is 1. The Kier molecular flexibility index (Phi) is 8.21. The maximum absolute atomic E-state index is 11.5. The van der Waals surface area contributed by atoms with Crippen molar-refractivity contribution < 1.29 is 18.3 Å². The minimum absolute atomic E-state index is 0.00571. The number of hydrogen-bond donors (Lipinski definition) is 1. The zero-order valence-corrected chi connectivity index (χ0v) is 11.6. The Balaban J connectivity index is 3.70. The average Bonchev–Trinajstić information content (AvgIpc) is 2.26. The highest BCUT2D eigenvalue weighted by molar-refractivity contribution is 7.92. The molecule has 0 aromatic rings. The molecule has 0 saturated heterocycles. The van der Waals surface area contributed by atoms with Crippen LogP contribution in [0.1, 0.15) is 58.8 Å². The molecule has 0 rings (SSSR count). The first-order valence-electron chi connectivity index (χ1n) is 6.36. The van der Waals surface area contributed by atoms with Gasteiger partial charge in [0, 0.05) is 0 Å². The van der Waals surface area contributed by atoms with Crippen LogP contribution < -0.4 is 0 Å². The average molecular weight is 264 g/mol. The normalized spacial score (nSPS) is 13.5. The van der Waals surface area contributed by atoms with E-state index in [1.807, 2.05) is 0 Å². The Morgan fingerprint density at radius 1 is 1.06 bits per heavy atom. The van der Waals surface area contributed by atoms with Gasteiger partial charge in [0.1, 0.15) is 0 Å². The predicted octanol–water partition coefficient (Wildman–Crippen LogP) is 2.62. The summed E-state index contributed by atoms with van der Waals surface area (Å²) in [5.41, 5.74) is 0. The number of carboxylic acids is 1. The third kappa shape index (κ3) is 7.36. The second kappa shape index (κ2) is 8.50. The van der Waals surface area contributed by atoms with Crippen LogP contribution in [0, 0.1) is 0 Å². The van der Waals surface area contributed by atoms with Crippen molar-refractivity contribution in [3.63, 3.8) is 0 Å². The second-order valence-corrected chi connectivity index (χ2v) is 6.91. The van der Waals surface area contributed by atoms with Crippen molar-refractivity contribution in [2.45, 2.75) is 64.0 Å². The Hall–Kier alpha value is -0.580. The molecule has 5 heteroatoms. The van der Waals surface area contributed by atoms with E-state index < -0.39 is 21.1 Å². The lowest BCUT2D eigenvalue weighted by Gasteiger charge is -2.08. The van der Waals surface area contributed by atoms with Gasteiger partial charge in [0.05, 0.1) is 5.75 Å². The van der Waals surface area contributed by atoms with Crippen molar-refractivity contribution >= 4 is 15.8 Å². The Morgan fingerprint density at radius 3 is 2.00 bits per heavy atom. The fourth-order valence-corrected chi connectivity index (χ4v) is 2.86. The van der Waals surface area contributed by atoms with Crippen molar-refractivity contribution in [2.75, 3.05) is 5.75 Å². The van der Waals surface area contributed by atoms with Gasteiger partial charge in [-0.15, -0.1) is 0 Å². The largest absolute Gasteiger partial charge is 0.480 e. The van der Waals surface area contributed by atoms with E-state index in [0.717, 1.165) is 19.3 Å². The van der Waals surface area contributed by atoms with E-state index >= 15 is 0 Å². The number of rotatable bonds is 10. The highest BCUT2D eigenvalue weighted by Gasteiger charge is 2.26. The SMILES string of the molecule is CCCCCCCCCS(=O)(=O)C(C)C(=O)O. The van der Waals surface area contributed by atoms with Gasteiger partial charge in [0.2, 0.25) is 0 Å². The van der Waals surface area contributed by atoms with Gasteiger partial charge in [-0.2, -0.15) is 0 Å². The summed E-state index contributed by atoms with van der Waals surface area (Å²) < 4.78 is 23.1. The van der Waals surface area contributed by atoms with Crippen molar-refractivity contribution in [1.82, 2.24) is 0 Å². The summed E-state index contributed by atoms with van der Waals surface area (Å²) in [6.45, 7) is 3.39. The van der Waals surface area contributed by atoms with E-state index in [4.69, 9.17) is 5.11 Å². The molecular formula is C12H24O4S. The van der Waals surface area contributed by atoms with E-state index in [2.05, 4.69) is 6.92 Å². The van der Waals surface area contributed by atoms with Gasteiger partial charge in [0.25, 0.3) is 0 Å². The fourth-order valence-electron chi connectivity index (χ4n) is 1.59. The van der Waals surface area contributed by atoms with E-state index in [-0.39, 0.29) is 5.75 Å². The van der Waals surface area contributed by atoms with E-state index in [1.54, 1.807) is 0 Å². The van der Waals surface area contributed by atoms with Crippen molar-refractivity contribution in [3.05, 3.63) is 0 Å². The summed E-state index contributed by atoms with van der Waals surface area (Å²) in [6.07, 6.45) is 7.26. The lowest BCUT2D eigenvalue weighted by molar-refractivity contribution is -0.136. The van der Waals surface area contributed by atoms with Gasteiger partial charge in [0.15, 0.2) is 15.1 Å². The topological polar surface area (TPSA) is 71.4 Å². The lowest BCUT2D eigenvalue weighted by Crippen LogP contribution is -2.29. The van der Waals surface area contributed by atoms with Crippen LogP contribution in [0.5, 0.6) is 0 Å². The molecule has 0 saturated carbocycles. The summed E-state index contributed by atoms with van der Waals surface area (Å²) in [4.78, 5) is 10.6. The monoisotopic (exact) mass is 264 g/mol. The molecule has 1 N–H and O–H groups in total. The van der Waals surface area contributed by atoms with Gasteiger partial charge >= 0.3 is 5.97 Å². The molecule has 0 spiro atoms. The van der Waals surface area contributed by atoms with Crippen LogP contribution in [0.3, 0.4) is 0 Å². The molecule has 0 aliphatic heterocycles. The van der Waals surface area contributed by atoms with E-state index in [9.17, 15) is 13.2 Å². The van der Waals surface area contributed by atoms with Gasteiger partial charge in [-0.05, 0) is 13.3 Å². The summed E-state index contributed by atoms with van der Waals surface area (Å²) in [6, 6.07) is 0. The second-order valence-electron chi connectivity index (χ2n) is 4.47. The number of carboxylic acid groups (broad SMARTS) is 1. The molecule has 0 radical (unpaired) electrons. The van der Waals surface area contributed by atoms with E-state index in [0.29, 0.717) is 6.42 Å². The third-order valence-corrected chi connectivity index (χ3v) is 5.06. The molecule has 1 atom stereocenters. The molecule has 0 aliphatic rings. The zero-order chi connectivity index (χ0) is 13.3. The molecule has 0 fully saturated rings. The minimum Gasteiger partial charge on any atom is -0.480 e. The Labute approximate surface area is 104 Å². The van der Waals surface area contributed by atoms with Crippen LogP contribution in [0.15, 0.2) is 0 Å². The Morgan fingerprint density at radius 2 is 1.53 bits per heavy atom. The fraction of sp³-hybridized carbons (Fsp3) is 0.917. The molecular weight excluding hydrogens is 240 g/mol. The maximum Gasteiger partial charge on any atom is 0.321 e. The molecule has 1 unspecified atom stereocenters.